The zero-order chi connectivity index (χ0) is 13.4. The number of rotatable bonds is 2. The van der Waals surface area contributed by atoms with E-state index in [9.17, 15) is 4.79 Å². The molecule has 1 fully saturated rings. The number of anilines is 1. The smallest absolute Gasteiger partial charge is 0.256 e. The lowest BCUT2D eigenvalue weighted by Crippen LogP contribution is -2.48. The maximum Gasteiger partial charge on any atom is 0.256 e. The Labute approximate surface area is 113 Å². The number of para-hydroxylation sites is 1. The molecule has 1 amide bonds. The molecule has 2 nitrogen and oxygen atoms in total. The molecule has 0 aliphatic carbocycles. The highest BCUT2D eigenvalue weighted by Gasteiger charge is 2.42. The van der Waals surface area contributed by atoms with Gasteiger partial charge in [-0.2, -0.15) is 0 Å². The van der Waals surface area contributed by atoms with Gasteiger partial charge >= 0.3 is 0 Å². The highest BCUT2D eigenvalue weighted by atomic mass is 16.2. The predicted molar refractivity (Wildman–Crippen MR) is 77.0 cm³/mol. The van der Waals surface area contributed by atoms with Crippen LogP contribution in [0.5, 0.6) is 0 Å². The molecule has 94 valence electrons. The van der Waals surface area contributed by atoms with Crippen LogP contribution in [0.2, 0.25) is 0 Å². The van der Waals surface area contributed by atoms with Gasteiger partial charge in [-0.15, -0.1) is 0 Å². The molecule has 0 saturated carbocycles. The molecule has 2 aromatic carbocycles. The topological polar surface area (TPSA) is 20.3 Å². The Balaban J connectivity index is 2.01. The molecule has 1 aliphatic rings. The van der Waals surface area contributed by atoms with Gasteiger partial charge in [-0.3, -0.25) is 9.69 Å². The average molecular weight is 249 g/mol. The maximum atomic E-state index is 12.1. The van der Waals surface area contributed by atoms with Crippen LogP contribution in [0.4, 0.5) is 5.69 Å². The fourth-order valence-corrected chi connectivity index (χ4v) is 2.52. The van der Waals surface area contributed by atoms with E-state index in [0.29, 0.717) is 5.57 Å². The summed E-state index contributed by atoms with van der Waals surface area (Å²) in [7, 11) is 0. The Bertz CT molecular complexity index is 645. The molecule has 1 unspecified atom stereocenters. The van der Waals surface area contributed by atoms with Crippen molar-refractivity contribution in [3.8, 4) is 0 Å². The second-order valence-corrected chi connectivity index (χ2v) is 4.85. The minimum Gasteiger partial charge on any atom is -0.297 e. The molecule has 2 aromatic rings. The van der Waals surface area contributed by atoms with Crippen molar-refractivity contribution in [1.29, 1.82) is 0 Å². The summed E-state index contributed by atoms with van der Waals surface area (Å²) >= 11 is 0. The first-order valence-electron chi connectivity index (χ1n) is 6.32. The normalized spacial score (nSPS) is 18.4. The molecule has 0 aromatic heterocycles. The fraction of sp³-hybridized carbons (Fsp3) is 0.118. The SMILES string of the molecule is C=C1C(=O)N(c2ccccc2)C1c1cccc(C)c1. The van der Waals surface area contributed by atoms with Crippen molar-refractivity contribution < 1.29 is 4.79 Å². The summed E-state index contributed by atoms with van der Waals surface area (Å²) in [5.74, 6) is 0.0118. The lowest BCUT2D eigenvalue weighted by Gasteiger charge is -2.42. The van der Waals surface area contributed by atoms with E-state index >= 15 is 0 Å². The molecule has 0 radical (unpaired) electrons. The molecular formula is C17H15NO. The zero-order valence-corrected chi connectivity index (χ0v) is 10.8. The van der Waals surface area contributed by atoms with Gasteiger partial charge in [-0.05, 0) is 24.6 Å². The third-order valence-corrected chi connectivity index (χ3v) is 3.47. The minimum absolute atomic E-state index is 0.0118. The summed E-state index contributed by atoms with van der Waals surface area (Å²) in [6.45, 7) is 5.97. The zero-order valence-electron chi connectivity index (χ0n) is 10.8. The van der Waals surface area contributed by atoms with Gasteiger partial charge < -0.3 is 0 Å². The van der Waals surface area contributed by atoms with Gasteiger partial charge in [0.15, 0.2) is 0 Å². The van der Waals surface area contributed by atoms with Crippen molar-refractivity contribution in [3.05, 3.63) is 77.9 Å². The number of hydrogen-bond donors (Lipinski definition) is 0. The van der Waals surface area contributed by atoms with Crippen LogP contribution < -0.4 is 4.90 Å². The summed E-state index contributed by atoms with van der Waals surface area (Å²) in [6, 6.07) is 17.9. The molecule has 1 aliphatic heterocycles. The van der Waals surface area contributed by atoms with Crippen LogP contribution in [-0.4, -0.2) is 5.91 Å². The predicted octanol–water partition coefficient (Wildman–Crippen LogP) is 3.64. The Morgan fingerprint density at radius 1 is 1.05 bits per heavy atom. The summed E-state index contributed by atoms with van der Waals surface area (Å²) in [5.41, 5.74) is 3.90. The number of hydrogen-bond acceptors (Lipinski definition) is 1. The van der Waals surface area contributed by atoms with Gasteiger partial charge in [0.2, 0.25) is 0 Å². The Morgan fingerprint density at radius 3 is 2.47 bits per heavy atom. The number of carbonyl (C=O) groups is 1. The van der Waals surface area contributed by atoms with Crippen LogP contribution in [-0.2, 0) is 4.79 Å². The van der Waals surface area contributed by atoms with Crippen molar-refractivity contribution in [3.63, 3.8) is 0 Å². The van der Waals surface area contributed by atoms with Gasteiger partial charge in [0.1, 0.15) is 0 Å². The molecule has 19 heavy (non-hydrogen) atoms. The first-order chi connectivity index (χ1) is 9.18. The second-order valence-electron chi connectivity index (χ2n) is 4.85. The monoisotopic (exact) mass is 249 g/mol. The first-order valence-corrected chi connectivity index (χ1v) is 6.32. The number of carbonyl (C=O) groups excluding carboxylic acids is 1. The summed E-state index contributed by atoms with van der Waals surface area (Å²) < 4.78 is 0. The van der Waals surface area contributed by atoms with Gasteiger partial charge in [0.05, 0.1) is 6.04 Å². The highest BCUT2D eigenvalue weighted by molar-refractivity contribution is 6.14. The third-order valence-electron chi connectivity index (χ3n) is 3.47. The van der Waals surface area contributed by atoms with E-state index in [1.54, 1.807) is 4.90 Å². The van der Waals surface area contributed by atoms with Crippen molar-refractivity contribution in [2.45, 2.75) is 13.0 Å². The van der Waals surface area contributed by atoms with Gasteiger partial charge in [0.25, 0.3) is 5.91 Å². The van der Waals surface area contributed by atoms with E-state index < -0.39 is 0 Å². The van der Waals surface area contributed by atoms with Crippen molar-refractivity contribution in [1.82, 2.24) is 0 Å². The van der Waals surface area contributed by atoms with E-state index in [2.05, 4.69) is 25.6 Å². The summed E-state index contributed by atoms with van der Waals surface area (Å²) in [4.78, 5) is 13.9. The fourth-order valence-electron chi connectivity index (χ4n) is 2.52. The van der Waals surface area contributed by atoms with Crippen LogP contribution in [0.25, 0.3) is 0 Å². The lowest BCUT2D eigenvalue weighted by atomic mass is 9.88. The highest BCUT2D eigenvalue weighted by Crippen LogP contribution is 2.41. The van der Waals surface area contributed by atoms with Crippen molar-refractivity contribution >= 4 is 11.6 Å². The molecule has 0 spiro atoms. The quantitative estimate of drug-likeness (QED) is 0.588. The number of nitrogens with zero attached hydrogens (tertiary/aromatic N) is 1. The standard InChI is InChI=1S/C17H15NO/c1-12-7-6-8-14(11-12)16-13(2)17(19)18(16)15-9-4-3-5-10-15/h3-11,16H,2H2,1H3. The summed E-state index contributed by atoms with van der Waals surface area (Å²) in [5, 5.41) is 0. The largest absolute Gasteiger partial charge is 0.297 e. The van der Waals surface area contributed by atoms with Gasteiger partial charge in [0, 0.05) is 11.3 Å². The Morgan fingerprint density at radius 2 is 1.79 bits per heavy atom. The van der Waals surface area contributed by atoms with Crippen molar-refractivity contribution in [2.24, 2.45) is 0 Å². The molecule has 1 heterocycles. The number of aryl methyl sites for hydroxylation is 1. The molecule has 1 saturated heterocycles. The number of amides is 1. The second kappa shape index (κ2) is 4.39. The van der Waals surface area contributed by atoms with Crippen molar-refractivity contribution in [2.75, 3.05) is 4.90 Å². The van der Waals surface area contributed by atoms with Crippen LogP contribution >= 0.6 is 0 Å². The number of β-lactam (4-membered cyclic amide) rings is 1. The van der Waals surface area contributed by atoms with E-state index in [1.807, 2.05) is 42.5 Å². The molecular weight excluding hydrogens is 234 g/mol. The Hall–Kier alpha value is -2.35. The minimum atomic E-state index is -0.0326. The molecule has 0 bridgehead atoms. The molecule has 0 N–H and O–H groups in total. The molecule has 2 heteroatoms. The maximum absolute atomic E-state index is 12.1. The number of benzene rings is 2. The van der Waals surface area contributed by atoms with Crippen LogP contribution in [0.15, 0.2) is 66.7 Å². The van der Waals surface area contributed by atoms with Crippen LogP contribution in [0, 0.1) is 6.92 Å². The van der Waals surface area contributed by atoms with E-state index in [0.717, 1.165) is 11.3 Å². The van der Waals surface area contributed by atoms with Crippen LogP contribution in [0.1, 0.15) is 17.2 Å². The Kier molecular flexibility index (Phi) is 2.71. The average Bonchev–Trinajstić information content (AvgIpc) is 2.44. The summed E-state index contributed by atoms with van der Waals surface area (Å²) in [6.07, 6.45) is 0. The molecule has 1 atom stereocenters. The van der Waals surface area contributed by atoms with Gasteiger partial charge in [-0.25, -0.2) is 0 Å². The van der Waals surface area contributed by atoms with E-state index in [1.165, 1.54) is 5.56 Å². The van der Waals surface area contributed by atoms with E-state index in [4.69, 9.17) is 0 Å². The lowest BCUT2D eigenvalue weighted by molar-refractivity contribution is -0.118. The van der Waals surface area contributed by atoms with Gasteiger partial charge in [-0.1, -0.05) is 54.6 Å². The molecule has 3 rings (SSSR count). The third kappa shape index (κ3) is 1.85. The van der Waals surface area contributed by atoms with Crippen LogP contribution in [0.3, 0.4) is 0 Å². The van der Waals surface area contributed by atoms with E-state index in [-0.39, 0.29) is 11.9 Å². The first kappa shape index (κ1) is 11.7.